The van der Waals surface area contributed by atoms with Gasteiger partial charge in [-0.25, -0.2) is 0 Å². The summed E-state index contributed by atoms with van der Waals surface area (Å²) >= 11 is 17.1. The van der Waals surface area contributed by atoms with E-state index < -0.39 is 0 Å². The van der Waals surface area contributed by atoms with Gasteiger partial charge in [0.25, 0.3) is 0 Å². The van der Waals surface area contributed by atoms with E-state index in [2.05, 4.69) is 15.8 Å². The molecule has 23 heavy (non-hydrogen) atoms. The van der Waals surface area contributed by atoms with Crippen molar-refractivity contribution in [2.75, 3.05) is 24.3 Å². The summed E-state index contributed by atoms with van der Waals surface area (Å²) in [6.07, 6.45) is 1.69. The molecule has 0 fully saturated rings. The number of nitrogens with one attached hydrogen (secondary N) is 2. The van der Waals surface area contributed by atoms with Crippen molar-refractivity contribution in [2.24, 2.45) is 5.10 Å². The number of thiocarbonyl (C=S) groups is 1. The number of hydrogen-bond donors (Lipinski definition) is 2. The van der Waals surface area contributed by atoms with Crippen LogP contribution in [0.1, 0.15) is 5.56 Å². The lowest BCUT2D eigenvalue weighted by Gasteiger charge is -2.11. The molecular weight excluding hydrogens is 351 g/mol. The van der Waals surface area contributed by atoms with Gasteiger partial charge in [0.15, 0.2) is 5.11 Å². The van der Waals surface area contributed by atoms with E-state index in [-0.39, 0.29) is 0 Å². The predicted octanol–water partition coefficient (Wildman–Crippen LogP) is 4.38. The summed E-state index contributed by atoms with van der Waals surface area (Å²) in [6.45, 7) is 0. The Kier molecular flexibility index (Phi) is 6.21. The van der Waals surface area contributed by atoms with Gasteiger partial charge in [-0.2, -0.15) is 5.10 Å². The first-order valence-electron chi connectivity index (χ1n) is 6.78. The van der Waals surface area contributed by atoms with Crippen LogP contribution >= 0.6 is 35.4 Å². The fourth-order valence-electron chi connectivity index (χ4n) is 1.77. The summed E-state index contributed by atoms with van der Waals surface area (Å²) in [4.78, 5) is 2.03. The molecule has 0 atom stereocenters. The number of hydrazone groups is 1. The third-order valence-corrected chi connectivity index (χ3v) is 3.72. The van der Waals surface area contributed by atoms with Crippen LogP contribution in [-0.4, -0.2) is 25.4 Å². The Balaban J connectivity index is 1.92. The Bertz CT molecular complexity index is 715. The Morgan fingerprint density at radius 1 is 1.13 bits per heavy atom. The van der Waals surface area contributed by atoms with Gasteiger partial charge in [-0.05, 0) is 48.1 Å². The molecule has 0 radical (unpaired) electrons. The molecule has 0 aliphatic rings. The largest absolute Gasteiger partial charge is 0.378 e. The maximum atomic E-state index is 6.06. The van der Waals surface area contributed by atoms with Crippen LogP contribution < -0.4 is 15.6 Å². The molecule has 0 amide bonds. The summed E-state index contributed by atoms with van der Waals surface area (Å²) < 4.78 is 0. The van der Waals surface area contributed by atoms with Crippen LogP contribution in [0.5, 0.6) is 0 Å². The van der Waals surface area contributed by atoms with Crippen LogP contribution in [0, 0.1) is 0 Å². The Hall–Kier alpha value is -1.82. The van der Waals surface area contributed by atoms with E-state index >= 15 is 0 Å². The van der Waals surface area contributed by atoms with Gasteiger partial charge in [0, 0.05) is 24.8 Å². The van der Waals surface area contributed by atoms with Gasteiger partial charge < -0.3 is 10.2 Å². The second kappa shape index (κ2) is 8.15. The van der Waals surface area contributed by atoms with Gasteiger partial charge in [0.05, 0.1) is 16.9 Å². The van der Waals surface area contributed by atoms with Crippen molar-refractivity contribution >= 4 is 58.1 Å². The summed E-state index contributed by atoms with van der Waals surface area (Å²) in [5, 5.41) is 8.47. The average Bonchev–Trinajstić information content (AvgIpc) is 2.51. The summed E-state index contributed by atoms with van der Waals surface area (Å²) in [5.41, 5.74) is 5.46. The molecule has 0 aliphatic heterocycles. The molecule has 2 aromatic carbocycles. The van der Waals surface area contributed by atoms with Gasteiger partial charge >= 0.3 is 0 Å². The van der Waals surface area contributed by atoms with E-state index in [0.29, 0.717) is 20.8 Å². The van der Waals surface area contributed by atoms with E-state index in [1.54, 1.807) is 24.4 Å². The van der Waals surface area contributed by atoms with Crippen LogP contribution in [0.2, 0.25) is 10.0 Å². The molecule has 0 saturated carbocycles. The first kappa shape index (κ1) is 17.5. The first-order chi connectivity index (χ1) is 11.0. The topological polar surface area (TPSA) is 39.7 Å². The minimum atomic E-state index is 0.329. The fraction of sp³-hybridized carbons (Fsp3) is 0.125. The second-order valence-electron chi connectivity index (χ2n) is 4.93. The molecule has 0 aliphatic carbocycles. The first-order valence-corrected chi connectivity index (χ1v) is 7.94. The van der Waals surface area contributed by atoms with Crippen LogP contribution in [0.15, 0.2) is 47.6 Å². The molecule has 0 unspecified atom stereocenters. The molecule has 0 heterocycles. The smallest absolute Gasteiger partial charge is 0.191 e. The van der Waals surface area contributed by atoms with E-state index in [4.69, 9.17) is 35.4 Å². The normalized spacial score (nSPS) is 10.6. The number of hydrogen-bond acceptors (Lipinski definition) is 3. The van der Waals surface area contributed by atoms with Crippen molar-refractivity contribution in [3.05, 3.63) is 58.1 Å². The zero-order chi connectivity index (χ0) is 16.8. The van der Waals surface area contributed by atoms with Crippen LogP contribution in [0.3, 0.4) is 0 Å². The van der Waals surface area contributed by atoms with Crippen molar-refractivity contribution in [1.29, 1.82) is 0 Å². The zero-order valence-electron chi connectivity index (χ0n) is 12.7. The van der Waals surface area contributed by atoms with Gasteiger partial charge in [-0.3, -0.25) is 5.43 Å². The molecule has 0 spiro atoms. The lowest BCUT2D eigenvalue weighted by atomic mass is 10.2. The molecule has 4 nitrogen and oxygen atoms in total. The average molecular weight is 367 g/mol. The van der Waals surface area contributed by atoms with Crippen LogP contribution in [0.4, 0.5) is 11.4 Å². The molecule has 120 valence electrons. The van der Waals surface area contributed by atoms with Crippen molar-refractivity contribution in [1.82, 2.24) is 5.43 Å². The van der Waals surface area contributed by atoms with Crippen LogP contribution in [0.25, 0.3) is 0 Å². The van der Waals surface area contributed by atoms with Crippen molar-refractivity contribution in [3.63, 3.8) is 0 Å². The molecule has 2 N–H and O–H groups in total. The molecule has 7 heteroatoms. The second-order valence-corrected chi connectivity index (χ2v) is 6.19. The van der Waals surface area contributed by atoms with Gasteiger partial charge in [0.1, 0.15) is 0 Å². The lowest BCUT2D eigenvalue weighted by molar-refractivity contribution is 1.05. The Morgan fingerprint density at radius 3 is 2.48 bits per heavy atom. The highest BCUT2D eigenvalue weighted by Crippen LogP contribution is 2.25. The fourth-order valence-corrected chi connectivity index (χ4v) is 2.27. The van der Waals surface area contributed by atoms with Crippen LogP contribution in [-0.2, 0) is 0 Å². The molecule has 0 aromatic heterocycles. The highest BCUT2D eigenvalue weighted by atomic mass is 35.5. The van der Waals surface area contributed by atoms with E-state index in [9.17, 15) is 0 Å². The monoisotopic (exact) mass is 366 g/mol. The minimum Gasteiger partial charge on any atom is -0.378 e. The van der Waals surface area contributed by atoms with Gasteiger partial charge in [-0.15, -0.1) is 0 Å². The molecule has 0 saturated heterocycles. The third kappa shape index (κ3) is 5.39. The molecular formula is C16H16Cl2N4S. The van der Waals surface area contributed by atoms with E-state index in [1.807, 2.05) is 43.3 Å². The maximum Gasteiger partial charge on any atom is 0.191 e. The predicted molar refractivity (Wildman–Crippen MR) is 104 cm³/mol. The summed E-state index contributed by atoms with van der Waals surface area (Å²) in [5.74, 6) is 0. The van der Waals surface area contributed by atoms with E-state index in [1.165, 1.54) is 0 Å². The third-order valence-electron chi connectivity index (χ3n) is 2.97. The maximum absolute atomic E-state index is 6.06. The van der Waals surface area contributed by atoms with Crippen molar-refractivity contribution in [2.45, 2.75) is 0 Å². The number of nitrogens with zero attached hydrogens (tertiary/aromatic N) is 2. The standard InChI is InChI=1S/C16H16Cl2N4S/c1-22(2)13-6-3-11(4-7-13)10-19-21-16(23)20-15-9-12(17)5-8-14(15)18/h3-10H,1-2H3,(H2,20,21,23)/b19-10+. The quantitative estimate of drug-likeness (QED) is 0.478. The summed E-state index contributed by atoms with van der Waals surface area (Å²) in [7, 11) is 3.99. The Morgan fingerprint density at radius 2 is 1.83 bits per heavy atom. The molecule has 0 bridgehead atoms. The Labute approximate surface area is 151 Å². The summed E-state index contributed by atoms with van der Waals surface area (Å²) in [6, 6.07) is 13.1. The molecule has 2 aromatic rings. The highest BCUT2D eigenvalue weighted by Gasteiger charge is 2.03. The number of benzene rings is 2. The number of rotatable bonds is 4. The molecule has 2 rings (SSSR count). The SMILES string of the molecule is CN(C)c1ccc(/C=N/NC(=S)Nc2cc(Cl)ccc2Cl)cc1. The lowest BCUT2D eigenvalue weighted by Crippen LogP contribution is -2.24. The van der Waals surface area contributed by atoms with Crippen molar-refractivity contribution in [3.8, 4) is 0 Å². The highest BCUT2D eigenvalue weighted by molar-refractivity contribution is 7.80. The number of halogens is 2. The zero-order valence-corrected chi connectivity index (χ0v) is 15.0. The van der Waals surface area contributed by atoms with E-state index in [0.717, 1.165) is 11.3 Å². The van der Waals surface area contributed by atoms with Crippen molar-refractivity contribution < 1.29 is 0 Å². The number of anilines is 2. The van der Waals surface area contributed by atoms with Gasteiger partial charge in [-0.1, -0.05) is 35.3 Å². The minimum absolute atomic E-state index is 0.329. The van der Waals surface area contributed by atoms with Gasteiger partial charge in [0.2, 0.25) is 0 Å².